The molecule has 2 aliphatic rings. The summed E-state index contributed by atoms with van der Waals surface area (Å²) in [6.45, 7) is 3.16. The maximum Gasteiger partial charge on any atom is 0.258 e. The largest absolute Gasteiger partial charge is 0.494 e. The van der Waals surface area contributed by atoms with Crippen molar-refractivity contribution < 1.29 is 9.13 Å². The summed E-state index contributed by atoms with van der Waals surface area (Å²) in [6.07, 6.45) is 4.39. The van der Waals surface area contributed by atoms with Gasteiger partial charge in [0.25, 0.3) is 5.56 Å². The van der Waals surface area contributed by atoms with Crippen LogP contribution >= 0.6 is 0 Å². The Morgan fingerprint density at radius 3 is 2.80 bits per heavy atom. The van der Waals surface area contributed by atoms with Crippen LogP contribution in [0.3, 0.4) is 0 Å². The van der Waals surface area contributed by atoms with Crippen LogP contribution in [-0.2, 0) is 0 Å². The first kappa shape index (κ1) is 19.1. The van der Waals surface area contributed by atoms with E-state index in [4.69, 9.17) is 4.74 Å². The first-order valence-electron chi connectivity index (χ1n) is 10.4. The van der Waals surface area contributed by atoms with Gasteiger partial charge in [-0.2, -0.15) is 0 Å². The van der Waals surface area contributed by atoms with Crippen LogP contribution in [0.4, 0.5) is 10.1 Å². The van der Waals surface area contributed by atoms with Crippen molar-refractivity contribution in [2.75, 3.05) is 38.7 Å². The predicted molar refractivity (Wildman–Crippen MR) is 115 cm³/mol. The molecule has 3 aromatic rings. The van der Waals surface area contributed by atoms with Gasteiger partial charge in [0.05, 0.1) is 18.5 Å². The number of likely N-dealkylation sites (N-methyl/N-ethyl adjacent to an activating group) is 1. The monoisotopic (exact) mass is 408 g/mol. The Labute approximate surface area is 174 Å². The molecule has 6 nitrogen and oxygen atoms in total. The van der Waals surface area contributed by atoms with Gasteiger partial charge in [-0.05, 0) is 62.7 Å². The molecular formula is C23H25FN4O2. The number of anilines is 1. The highest BCUT2D eigenvalue weighted by Gasteiger charge is 2.37. The molecule has 2 atom stereocenters. The minimum atomic E-state index is -0.479. The molecule has 0 aliphatic carbocycles. The normalized spacial score (nSPS) is 21.8. The fourth-order valence-corrected chi connectivity index (χ4v) is 4.87. The molecule has 4 heterocycles. The van der Waals surface area contributed by atoms with Crippen molar-refractivity contribution >= 4 is 11.3 Å². The van der Waals surface area contributed by atoms with Crippen molar-refractivity contribution in [1.82, 2.24) is 14.3 Å². The van der Waals surface area contributed by atoms with Crippen molar-refractivity contribution in [2.24, 2.45) is 5.92 Å². The molecule has 1 aromatic carbocycles. The van der Waals surface area contributed by atoms with Crippen LogP contribution in [0.15, 0.2) is 47.4 Å². The first-order chi connectivity index (χ1) is 14.5. The second-order valence-electron chi connectivity index (χ2n) is 8.30. The topological polar surface area (TPSA) is 50.1 Å². The lowest BCUT2D eigenvalue weighted by atomic mass is 9.93. The van der Waals surface area contributed by atoms with Crippen LogP contribution in [0.1, 0.15) is 12.8 Å². The zero-order valence-electron chi connectivity index (χ0n) is 17.2. The quantitative estimate of drug-likeness (QED) is 0.667. The SMILES string of the molecule is COc1ccc(-c2cc(=O)n3cc(N4CC5CCCN(C)C5C4)ccc3n2)cc1F. The van der Waals surface area contributed by atoms with Crippen LogP contribution in [-0.4, -0.2) is 54.1 Å². The number of rotatable bonds is 3. The van der Waals surface area contributed by atoms with E-state index < -0.39 is 5.82 Å². The van der Waals surface area contributed by atoms with Crippen molar-refractivity contribution in [3.63, 3.8) is 0 Å². The lowest BCUT2D eigenvalue weighted by molar-refractivity contribution is 0.158. The van der Waals surface area contributed by atoms with Crippen LogP contribution in [0.2, 0.25) is 0 Å². The maximum absolute atomic E-state index is 14.1. The van der Waals surface area contributed by atoms with Crippen LogP contribution in [0.25, 0.3) is 16.9 Å². The Balaban J connectivity index is 1.48. The highest BCUT2D eigenvalue weighted by Crippen LogP contribution is 2.32. The number of methoxy groups -OCH3 is 1. The minimum absolute atomic E-state index is 0.165. The third kappa shape index (κ3) is 3.23. The number of nitrogens with zero attached hydrogens (tertiary/aromatic N) is 4. The molecule has 0 bridgehead atoms. The van der Waals surface area contributed by atoms with E-state index in [1.54, 1.807) is 16.5 Å². The number of fused-ring (bicyclic) bond motifs is 2. The van der Waals surface area contributed by atoms with E-state index in [0.29, 0.717) is 28.9 Å². The number of aromatic nitrogens is 2. The van der Waals surface area contributed by atoms with Gasteiger partial charge in [-0.1, -0.05) is 0 Å². The fraction of sp³-hybridized carbons (Fsp3) is 0.391. The van der Waals surface area contributed by atoms with Gasteiger partial charge in [0.2, 0.25) is 0 Å². The lowest BCUT2D eigenvalue weighted by Crippen LogP contribution is -2.42. The summed E-state index contributed by atoms with van der Waals surface area (Å²) in [5.41, 5.74) is 2.40. The summed E-state index contributed by atoms with van der Waals surface area (Å²) in [5.74, 6) is 0.368. The van der Waals surface area contributed by atoms with Crippen molar-refractivity contribution in [1.29, 1.82) is 0 Å². The van der Waals surface area contributed by atoms with E-state index in [-0.39, 0.29) is 11.3 Å². The predicted octanol–water partition coefficient (Wildman–Crippen LogP) is 3.04. The molecule has 2 aromatic heterocycles. The Bertz CT molecular complexity index is 1160. The second kappa shape index (κ2) is 7.40. The molecule has 2 aliphatic heterocycles. The number of hydrogen-bond acceptors (Lipinski definition) is 5. The number of benzene rings is 1. The van der Waals surface area contributed by atoms with E-state index in [2.05, 4.69) is 21.8 Å². The zero-order chi connectivity index (χ0) is 20.8. The average molecular weight is 408 g/mol. The van der Waals surface area contributed by atoms with E-state index in [0.717, 1.165) is 25.3 Å². The molecule has 5 rings (SSSR count). The highest BCUT2D eigenvalue weighted by molar-refractivity contribution is 5.63. The molecule has 2 fully saturated rings. The molecule has 2 saturated heterocycles. The molecular weight excluding hydrogens is 383 g/mol. The van der Waals surface area contributed by atoms with Crippen LogP contribution in [0.5, 0.6) is 5.75 Å². The molecule has 2 unspecified atom stereocenters. The van der Waals surface area contributed by atoms with E-state index in [1.165, 1.54) is 32.1 Å². The van der Waals surface area contributed by atoms with Crippen molar-refractivity contribution in [2.45, 2.75) is 18.9 Å². The standard InChI is InChI=1S/C23H25FN4O2/c1-26-9-3-4-16-12-27(14-20(16)26)17-6-8-22-25-19(11-23(29)28(22)13-17)15-5-7-21(30-2)18(24)10-15/h5-8,10-11,13,16,20H,3-4,9,12,14H2,1-2H3. The summed E-state index contributed by atoms with van der Waals surface area (Å²) < 4.78 is 20.6. The van der Waals surface area contributed by atoms with Gasteiger partial charge in [0.1, 0.15) is 5.65 Å². The number of ether oxygens (including phenoxy) is 1. The van der Waals surface area contributed by atoms with Crippen LogP contribution in [0, 0.1) is 11.7 Å². The van der Waals surface area contributed by atoms with E-state index in [1.807, 2.05) is 18.3 Å². The molecule has 0 spiro atoms. The molecule has 0 saturated carbocycles. The second-order valence-corrected chi connectivity index (χ2v) is 8.30. The first-order valence-corrected chi connectivity index (χ1v) is 10.4. The van der Waals surface area contributed by atoms with Gasteiger partial charge >= 0.3 is 0 Å². The van der Waals surface area contributed by atoms with Crippen LogP contribution < -0.4 is 15.2 Å². The Hall–Kier alpha value is -2.93. The molecule has 0 N–H and O–H groups in total. The minimum Gasteiger partial charge on any atom is -0.494 e. The van der Waals surface area contributed by atoms with E-state index >= 15 is 0 Å². The summed E-state index contributed by atoms with van der Waals surface area (Å²) >= 11 is 0. The summed E-state index contributed by atoms with van der Waals surface area (Å²) in [4.78, 5) is 22.2. The Morgan fingerprint density at radius 1 is 1.17 bits per heavy atom. The molecule has 30 heavy (non-hydrogen) atoms. The number of piperidine rings is 1. The molecule has 0 amide bonds. The Kier molecular flexibility index (Phi) is 4.70. The number of hydrogen-bond donors (Lipinski definition) is 0. The summed E-state index contributed by atoms with van der Waals surface area (Å²) in [7, 11) is 3.63. The van der Waals surface area contributed by atoms with Gasteiger partial charge in [0.15, 0.2) is 11.6 Å². The van der Waals surface area contributed by atoms with E-state index in [9.17, 15) is 9.18 Å². The van der Waals surface area contributed by atoms with Crippen molar-refractivity contribution in [3.05, 3.63) is 58.8 Å². The van der Waals surface area contributed by atoms with Gasteiger partial charge in [0, 0.05) is 37.0 Å². The number of pyridine rings is 1. The summed E-state index contributed by atoms with van der Waals surface area (Å²) in [6, 6.07) is 10.5. The summed E-state index contributed by atoms with van der Waals surface area (Å²) in [5, 5.41) is 0. The smallest absolute Gasteiger partial charge is 0.258 e. The molecule has 0 radical (unpaired) electrons. The van der Waals surface area contributed by atoms with Gasteiger partial charge < -0.3 is 14.5 Å². The van der Waals surface area contributed by atoms with Gasteiger partial charge in [-0.15, -0.1) is 0 Å². The lowest BCUT2D eigenvalue weighted by Gasteiger charge is -2.33. The Morgan fingerprint density at radius 2 is 2.03 bits per heavy atom. The maximum atomic E-state index is 14.1. The highest BCUT2D eigenvalue weighted by atomic mass is 19.1. The zero-order valence-corrected chi connectivity index (χ0v) is 17.2. The van der Waals surface area contributed by atoms with Crippen molar-refractivity contribution in [3.8, 4) is 17.0 Å². The fourth-order valence-electron chi connectivity index (χ4n) is 4.87. The number of halogens is 1. The molecule has 156 valence electrons. The third-order valence-corrected chi connectivity index (χ3v) is 6.52. The van der Waals surface area contributed by atoms with Gasteiger partial charge in [-0.3, -0.25) is 9.20 Å². The number of likely N-dealkylation sites (tertiary alicyclic amines) is 1. The average Bonchev–Trinajstić information content (AvgIpc) is 3.19. The third-order valence-electron chi connectivity index (χ3n) is 6.52. The molecule has 7 heteroatoms. The van der Waals surface area contributed by atoms with Gasteiger partial charge in [-0.25, -0.2) is 9.37 Å².